The van der Waals surface area contributed by atoms with Crippen LogP contribution in [0.2, 0.25) is 0 Å². The van der Waals surface area contributed by atoms with Crippen LogP contribution in [0.4, 0.5) is 11.4 Å². The molecule has 2 aliphatic heterocycles. The number of rotatable bonds is 4. The summed E-state index contributed by atoms with van der Waals surface area (Å²) in [6.45, 7) is 3.23. The second-order valence-corrected chi connectivity index (χ2v) is 6.85. The van der Waals surface area contributed by atoms with E-state index in [0.29, 0.717) is 11.4 Å². The summed E-state index contributed by atoms with van der Waals surface area (Å²) < 4.78 is 5.22. The molecule has 1 atom stereocenters. The van der Waals surface area contributed by atoms with Gasteiger partial charge in [-0.3, -0.25) is 14.5 Å². The Bertz CT molecular complexity index is 832. The minimum Gasteiger partial charge on any atom is -0.497 e. The summed E-state index contributed by atoms with van der Waals surface area (Å²) in [4.78, 5) is 31.3. The van der Waals surface area contributed by atoms with Crippen molar-refractivity contribution >= 4 is 23.2 Å². The number of amides is 2. The molecule has 2 amide bonds. The maximum Gasteiger partial charge on any atom is 0.251 e. The van der Waals surface area contributed by atoms with Crippen LogP contribution in [0.5, 0.6) is 5.75 Å². The van der Waals surface area contributed by atoms with Crippen molar-refractivity contribution in [3.8, 4) is 5.75 Å². The average molecular weight is 365 g/mol. The van der Waals surface area contributed by atoms with Gasteiger partial charge >= 0.3 is 0 Å². The smallest absolute Gasteiger partial charge is 0.251 e. The largest absolute Gasteiger partial charge is 0.497 e. The molecule has 0 spiro atoms. The lowest BCUT2D eigenvalue weighted by Crippen LogP contribution is -2.52. The zero-order chi connectivity index (χ0) is 18.8. The third-order valence-electron chi connectivity index (χ3n) is 5.31. The Labute approximate surface area is 158 Å². The molecule has 140 valence electrons. The number of carbonyl (C=O) groups is 2. The van der Waals surface area contributed by atoms with Crippen LogP contribution in [0.3, 0.4) is 0 Å². The van der Waals surface area contributed by atoms with E-state index in [1.807, 2.05) is 18.2 Å². The van der Waals surface area contributed by atoms with E-state index in [1.54, 1.807) is 31.4 Å². The van der Waals surface area contributed by atoms with Crippen LogP contribution in [-0.2, 0) is 9.59 Å². The molecule has 0 aromatic heterocycles. The average Bonchev–Trinajstić information content (AvgIpc) is 3.03. The zero-order valence-electron chi connectivity index (χ0n) is 15.4. The number of anilines is 2. The van der Waals surface area contributed by atoms with Gasteiger partial charge in [-0.25, -0.2) is 4.90 Å². The van der Waals surface area contributed by atoms with Crippen LogP contribution in [0.1, 0.15) is 6.42 Å². The number of nitrogens with zero attached hydrogens (tertiary/aromatic N) is 3. The van der Waals surface area contributed by atoms with Crippen molar-refractivity contribution in [1.82, 2.24) is 4.90 Å². The number of ether oxygens (including phenoxy) is 1. The third kappa shape index (κ3) is 3.40. The van der Waals surface area contributed by atoms with Crippen molar-refractivity contribution < 1.29 is 14.3 Å². The Morgan fingerprint density at radius 1 is 0.889 bits per heavy atom. The minimum atomic E-state index is -0.373. The van der Waals surface area contributed by atoms with Gasteiger partial charge in [-0.1, -0.05) is 24.3 Å². The predicted molar refractivity (Wildman–Crippen MR) is 104 cm³/mol. The van der Waals surface area contributed by atoms with Crippen LogP contribution < -0.4 is 14.5 Å². The Morgan fingerprint density at radius 2 is 1.59 bits per heavy atom. The van der Waals surface area contributed by atoms with Crippen LogP contribution in [-0.4, -0.2) is 56.0 Å². The summed E-state index contributed by atoms with van der Waals surface area (Å²) in [5.41, 5.74) is 1.78. The van der Waals surface area contributed by atoms with Crippen molar-refractivity contribution in [1.29, 1.82) is 0 Å². The highest BCUT2D eigenvalue weighted by molar-refractivity contribution is 6.22. The second-order valence-electron chi connectivity index (χ2n) is 6.85. The summed E-state index contributed by atoms with van der Waals surface area (Å²) in [5.74, 6) is 0.346. The lowest BCUT2D eigenvalue weighted by molar-refractivity contribution is -0.123. The number of hydrogen-bond acceptors (Lipinski definition) is 5. The Morgan fingerprint density at radius 3 is 2.30 bits per heavy atom. The van der Waals surface area contributed by atoms with Crippen molar-refractivity contribution in [3.05, 3.63) is 54.6 Å². The van der Waals surface area contributed by atoms with Gasteiger partial charge in [0.05, 0.1) is 25.3 Å². The Balaban J connectivity index is 1.45. The normalized spacial score (nSPS) is 21.0. The van der Waals surface area contributed by atoms with Gasteiger partial charge in [-0.05, 0) is 24.3 Å². The van der Waals surface area contributed by atoms with E-state index in [9.17, 15) is 9.59 Å². The maximum atomic E-state index is 13.0. The number of benzene rings is 2. The van der Waals surface area contributed by atoms with Gasteiger partial charge in [0, 0.05) is 37.9 Å². The number of hydrogen-bond donors (Lipinski definition) is 0. The first-order valence-electron chi connectivity index (χ1n) is 9.22. The second kappa shape index (κ2) is 7.40. The molecular weight excluding hydrogens is 342 g/mol. The Kier molecular flexibility index (Phi) is 4.81. The highest BCUT2D eigenvalue weighted by atomic mass is 16.5. The van der Waals surface area contributed by atoms with Crippen LogP contribution in [0.25, 0.3) is 0 Å². The maximum absolute atomic E-state index is 13.0. The highest BCUT2D eigenvalue weighted by Gasteiger charge is 2.43. The molecular formula is C21H23N3O3. The molecule has 0 unspecified atom stereocenters. The predicted octanol–water partition coefficient (Wildman–Crippen LogP) is 2.15. The van der Waals surface area contributed by atoms with Gasteiger partial charge < -0.3 is 9.64 Å². The van der Waals surface area contributed by atoms with Crippen LogP contribution >= 0.6 is 0 Å². The summed E-state index contributed by atoms with van der Waals surface area (Å²) in [5, 5.41) is 0. The molecule has 4 rings (SSSR count). The third-order valence-corrected chi connectivity index (χ3v) is 5.31. The first-order valence-corrected chi connectivity index (χ1v) is 9.22. The molecule has 0 radical (unpaired) electrons. The van der Waals surface area contributed by atoms with Gasteiger partial charge in [0.1, 0.15) is 5.75 Å². The molecule has 6 heteroatoms. The summed E-state index contributed by atoms with van der Waals surface area (Å²) in [7, 11) is 1.57. The van der Waals surface area contributed by atoms with Gasteiger partial charge in [0.25, 0.3) is 5.91 Å². The monoisotopic (exact) mass is 365 g/mol. The number of para-hydroxylation sites is 1. The van der Waals surface area contributed by atoms with Crippen LogP contribution in [0.15, 0.2) is 54.6 Å². The molecule has 0 N–H and O–H groups in total. The quantitative estimate of drug-likeness (QED) is 0.777. The fraction of sp³-hybridized carbons (Fsp3) is 0.333. The van der Waals surface area contributed by atoms with E-state index >= 15 is 0 Å². The van der Waals surface area contributed by atoms with Gasteiger partial charge in [-0.15, -0.1) is 0 Å². The van der Waals surface area contributed by atoms with E-state index in [2.05, 4.69) is 21.9 Å². The lowest BCUT2D eigenvalue weighted by atomic mass is 10.1. The fourth-order valence-corrected chi connectivity index (χ4v) is 3.85. The Hall–Kier alpha value is -2.86. The molecule has 2 aromatic carbocycles. The molecule has 2 aromatic rings. The molecule has 0 aliphatic carbocycles. The van der Waals surface area contributed by atoms with E-state index in [0.717, 1.165) is 26.2 Å². The number of piperazine rings is 1. The number of methoxy groups -OCH3 is 1. The molecule has 0 bridgehead atoms. The molecule has 2 aliphatic rings. The van der Waals surface area contributed by atoms with E-state index in [-0.39, 0.29) is 24.3 Å². The van der Waals surface area contributed by atoms with Gasteiger partial charge in [-0.2, -0.15) is 0 Å². The topological polar surface area (TPSA) is 53.1 Å². The molecule has 2 fully saturated rings. The van der Waals surface area contributed by atoms with E-state index in [4.69, 9.17) is 4.74 Å². The molecule has 6 nitrogen and oxygen atoms in total. The first kappa shape index (κ1) is 17.5. The van der Waals surface area contributed by atoms with Crippen molar-refractivity contribution in [2.45, 2.75) is 12.5 Å². The number of imide groups is 1. The summed E-state index contributed by atoms with van der Waals surface area (Å²) in [6.07, 6.45) is 0.237. The summed E-state index contributed by atoms with van der Waals surface area (Å²) in [6, 6.07) is 17.0. The van der Waals surface area contributed by atoms with Crippen LogP contribution in [0, 0.1) is 0 Å². The van der Waals surface area contributed by atoms with E-state index < -0.39 is 0 Å². The highest BCUT2D eigenvalue weighted by Crippen LogP contribution is 2.29. The van der Waals surface area contributed by atoms with E-state index in [1.165, 1.54) is 10.6 Å². The lowest BCUT2D eigenvalue weighted by Gasteiger charge is -2.38. The molecule has 2 saturated heterocycles. The standard InChI is InChI=1S/C21H23N3O3/c1-27-18-9-5-8-17(14-18)24-20(25)15-19(21(24)26)23-12-10-22(11-13-23)16-6-3-2-4-7-16/h2-9,14,19H,10-13,15H2,1H3/t19-/m1/s1. The van der Waals surface area contributed by atoms with Crippen molar-refractivity contribution in [3.63, 3.8) is 0 Å². The molecule has 2 heterocycles. The number of carbonyl (C=O) groups excluding carboxylic acids is 2. The SMILES string of the molecule is COc1cccc(N2C(=O)C[C@@H](N3CCN(c4ccccc4)CC3)C2=O)c1. The first-order chi connectivity index (χ1) is 13.2. The zero-order valence-corrected chi connectivity index (χ0v) is 15.4. The van der Waals surface area contributed by atoms with Gasteiger partial charge in [0.15, 0.2) is 0 Å². The molecule has 27 heavy (non-hydrogen) atoms. The van der Waals surface area contributed by atoms with Gasteiger partial charge in [0.2, 0.25) is 5.91 Å². The van der Waals surface area contributed by atoms with Crippen molar-refractivity contribution in [2.75, 3.05) is 43.1 Å². The van der Waals surface area contributed by atoms with Crippen molar-refractivity contribution in [2.24, 2.45) is 0 Å². The minimum absolute atomic E-state index is 0.138. The molecule has 0 saturated carbocycles. The summed E-state index contributed by atoms with van der Waals surface area (Å²) >= 11 is 0. The fourth-order valence-electron chi connectivity index (χ4n) is 3.85.